The fraction of sp³-hybridized carbons (Fsp3) is 0.0588. The lowest BCUT2D eigenvalue weighted by atomic mass is 10.1. The van der Waals surface area contributed by atoms with Gasteiger partial charge in [0.2, 0.25) is 5.13 Å². The number of nitrogens with zero attached hydrogens (tertiary/aromatic N) is 3. The van der Waals surface area contributed by atoms with Crippen molar-refractivity contribution in [2.24, 2.45) is 5.10 Å². The maximum Gasteiger partial charge on any atom is 0.270 e. The highest BCUT2D eigenvalue weighted by Gasteiger charge is 2.09. The van der Waals surface area contributed by atoms with Crippen molar-refractivity contribution < 1.29 is 14.8 Å². The summed E-state index contributed by atoms with van der Waals surface area (Å²) < 4.78 is 4.98. The summed E-state index contributed by atoms with van der Waals surface area (Å²) in [6.45, 7) is 0. The molecular formula is C17H14N4O4S. The van der Waals surface area contributed by atoms with E-state index in [9.17, 15) is 15.2 Å². The van der Waals surface area contributed by atoms with Crippen LogP contribution in [0.1, 0.15) is 5.56 Å². The van der Waals surface area contributed by atoms with Crippen LogP contribution in [0.3, 0.4) is 0 Å². The van der Waals surface area contributed by atoms with Crippen LogP contribution in [0, 0.1) is 10.1 Å². The molecule has 0 fully saturated rings. The molecule has 0 aliphatic heterocycles. The van der Waals surface area contributed by atoms with Crippen LogP contribution in [0.15, 0.2) is 52.9 Å². The molecule has 0 saturated carbocycles. The number of benzene rings is 2. The number of nitro groups is 1. The van der Waals surface area contributed by atoms with Crippen molar-refractivity contribution in [3.63, 3.8) is 0 Å². The first-order chi connectivity index (χ1) is 12.6. The number of phenolic OH excluding ortho intramolecular Hbond substituents is 1. The van der Waals surface area contributed by atoms with E-state index in [4.69, 9.17) is 4.74 Å². The lowest BCUT2D eigenvalue weighted by molar-refractivity contribution is -0.384. The Morgan fingerprint density at radius 3 is 2.92 bits per heavy atom. The SMILES string of the molecule is COc1ccc(/C=N/Nc2nc(-c3cccc([N+](=O)[O-])c3)cs2)cc1O. The fourth-order valence-electron chi connectivity index (χ4n) is 2.19. The number of nitro benzene ring substituents is 1. The van der Waals surface area contributed by atoms with E-state index in [1.807, 2.05) is 0 Å². The molecule has 1 heterocycles. The van der Waals surface area contributed by atoms with Crippen LogP contribution in [0.5, 0.6) is 11.5 Å². The van der Waals surface area contributed by atoms with E-state index in [0.29, 0.717) is 27.7 Å². The summed E-state index contributed by atoms with van der Waals surface area (Å²) in [5, 5.41) is 27.0. The van der Waals surface area contributed by atoms with Gasteiger partial charge in [0.15, 0.2) is 11.5 Å². The largest absolute Gasteiger partial charge is 0.504 e. The van der Waals surface area contributed by atoms with Crippen molar-refractivity contribution in [1.82, 2.24) is 4.98 Å². The Morgan fingerprint density at radius 1 is 1.35 bits per heavy atom. The smallest absolute Gasteiger partial charge is 0.270 e. The topological polar surface area (TPSA) is 110 Å². The van der Waals surface area contributed by atoms with Gasteiger partial charge in [-0.15, -0.1) is 11.3 Å². The second-order valence-corrected chi connectivity index (χ2v) is 6.00. The zero-order chi connectivity index (χ0) is 18.5. The number of phenols is 1. The van der Waals surface area contributed by atoms with Gasteiger partial charge in [-0.25, -0.2) is 4.98 Å². The zero-order valence-corrected chi connectivity index (χ0v) is 14.4. The third-order valence-corrected chi connectivity index (χ3v) is 4.18. The van der Waals surface area contributed by atoms with Crippen molar-refractivity contribution in [2.45, 2.75) is 0 Å². The second kappa shape index (κ2) is 7.62. The number of thiazole rings is 1. The van der Waals surface area contributed by atoms with Crippen LogP contribution < -0.4 is 10.2 Å². The number of nitrogens with one attached hydrogen (secondary N) is 1. The zero-order valence-electron chi connectivity index (χ0n) is 13.6. The molecule has 0 saturated heterocycles. The Hall–Kier alpha value is -3.46. The molecule has 26 heavy (non-hydrogen) atoms. The van der Waals surface area contributed by atoms with Gasteiger partial charge in [-0.3, -0.25) is 15.5 Å². The molecule has 9 heteroatoms. The fourth-order valence-corrected chi connectivity index (χ4v) is 2.85. The van der Waals surface area contributed by atoms with E-state index >= 15 is 0 Å². The van der Waals surface area contributed by atoms with Crippen molar-refractivity contribution in [2.75, 3.05) is 12.5 Å². The lowest BCUT2D eigenvalue weighted by Gasteiger charge is -2.02. The van der Waals surface area contributed by atoms with E-state index in [2.05, 4.69) is 15.5 Å². The number of hydrogen-bond donors (Lipinski definition) is 2. The number of aromatic nitrogens is 1. The normalized spacial score (nSPS) is 10.8. The summed E-state index contributed by atoms with van der Waals surface area (Å²) in [5.41, 5.74) is 4.78. The molecule has 1 aromatic heterocycles. The summed E-state index contributed by atoms with van der Waals surface area (Å²) in [6, 6.07) is 11.2. The van der Waals surface area contributed by atoms with Crippen molar-refractivity contribution in [1.29, 1.82) is 0 Å². The van der Waals surface area contributed by atoms with Gasteiger partial charge in [0, 0.05) is 23.1 Å². The Bertz CT molecular complexity index is 971. The van der Waals surface area contributed by atoms with E-state index in [0.717, 1.165) is 0 Å². The molecule has 2 N–H and O–H groups in total. The van der Waals surface area contributed by atoms with Crippen molar-refractivity contribution in [3.8, 4) is 22.8 Å². The molecule has 0 atom stereocenters. The highest BCUT2D eigenvalue weighted by atomic mass is 32.1. The predicted octanol–water partition coefficient (Wildman–Crippen LogP) is 3.88. The van der Waals surface area contributed by atoms with Crippen LogP contribution in [-0.4, -0.2) is 28.3 Å². The first-order valence-electron chi connectivity index (χ1n) is 7.43. The minimum Gasteiger partial charge on any atom is -0.504 e. The van der Waals surface area contributed by atoms with E-state index in [-0.39, 0.29) is 11.4 Å². The monoisotopic (exact) mass is 370 g/mol. The highest BCUT2D eigenvalue weighted by Crippen LogP contribution is 2.28. The number of anilines is 1. The van der Waals surface area contributed by atoms with Gasteiger partial charge in [0.1, 0.15) is 0 Å². The molecule has 132 valence electrons. The predicted molar refractivity (Wildman–Crippen MR) is 100 cm³/mol. The quantitative estimate of drug-likeness (QED) is 0.387. The average Bonchev–Trinajstić information content (AvgIpc) is 3.11. The van der Waals surface area contributed by atoms with Gasteiger partial charge in [-0.2, -0.15) is 5.10 Å². The molecule has 0 aliphatic carbocycles. The minimum absolute atomic E-state index is 0.0161. The van der Waals surface area contributed by atoms with Crippen molar-refractivity contribution >= 4 is 28.4 Å². The molecule has 0 bridgehead atoms. The first kappa shape index (κ1) is 17.4. The van der Waals surface area contributed by atoms with Gasteiger partial charge in [0.05, 0.1) is 23.9 Å². The number of aromatic hydroxyl groups is 1. The number of hydrazone groups is 1. The summed E-state index contributed by atoms with van der Waals surface area (Å²) in [5.74, 6) is 0.412. The molecule has 0 unspecified atom stereocenters. The van der Waals surface area contributed by atoms with Gasteiger partial charge in [-0.05, 0) is 23.8 Å². The Kier molecular flexibility index (Phi) is 5.09. The minimum atomic E-state index is -0.441. The van der Waals surface area contributed by atoms with Crippen LogP contribution in [0.2, 0.25) is 0 Å². The van der Waals surface area contributed by atoms with Gasteiger partial charge < -0.3 is 9.84 Å². The van der Waals surface area contributed by atoms with E-state index < -0.39 is 4.92 Å². The van der Waals surface area contributed by atoms with Crippen LogP contribution in [0.25, 0.3) is 11.3 Å². The average molecular weight is 370 g/mol. The van der Waals surface area contributed by atoms with Crippen molar-refractivity contribution in [3.05, 3.63) is 63.5 Å². The van der Waals surface area contributed by atoms with E-state index in [1.54, 1.807) is 29.6 Å². The Balaban J connectivity index is 1.70. The number of rotatable bonds is 6. The highest BCUT2D eigenvalue weighted by molar-refractivity contribution is 7.14. The third-order valence-electron chi connectivity index (χ3n) is 3.43. The summed E-state index contributed by atoms with van der Waals surface area (Å²) >= 11 is 1.33. The van der Waals surface area contributed by atoms with Crippen LogP contribution >= 0.6 is 11.3 Å². The molecule has 0 aliphatic rings. The van der Waals surface area contributed by atoms with Gasteiger partial charge in [-0.1, -0.05) is 12.1 Å². The molecule has 0 amide bonds. The van der Waals surface area contributed by atoms with Crippen LogP contribution in [-0.2, 0) is 0 Å². The summed E-state index contributed by atoms with van der Waals surface area (Å²) in [7, 11) is 1.48. The van der Waals surface area contributed by atoms with Crippen LogP contribution in [0.4, 0.5) is 10.8 Å². The first-order valence-corrected chi connectivity index (χ1v) is 8.31. The summed E-state index contributed by atoms with van der Waals surface area (Å²) in [4.78, 5) is 14.8. The molecule has 8 nitrogen and oxygen atoms in total. The molecule has 0 spiro atoms. The number of methoxy groups -OCH3 is 1. The maximum atomic E-state index is 10.9. The molecule has 0 radical (unpaired) electrons. The molecule has 2 aromatic carbocycles. The Labute approximate surface area is 152 Å². The molecular weight excluding hydrogens is 356 g/mol. The Morgan fingerprint density at radius 2 is 2.19 bits per heavy atom. The number of hydrogen-bond acceptors (Lipinski definition) is 8. The van der Waals surface area contributed by atoms with Gasteiger partial charge in [0.25, 0.3) is 5.69 Å². The maximum absolute atomic E-state index is 10.9. The lowest BCUT2D eigenvalue weighted by Crippen LogP contribution is -1.91. The van der Waals surface area contributed by atoms with Gasteiger partial charge >= 0.3 is 0 Å². The third kappa shape index (κ3) is 3.95. The standard InChI is InChI=1S/C17H14N4O4S/c1-25-16-6-5-11(7-15(16)22)9-18-20-17-19-14(10-26-17)12-3-2-4-13(8-12)21(23)24/h2-10,22H,1H3,(H,19,20)/b18-9+. The van der Waals surface area contributed by atoms with E-state index in [1.165, 1.54) is 42.9 Å². The number of ether oxygens (including phenoxy) is 1. The second-order valence-electron chi connectivity index (χ2n) is 5.15. The summed E-state index contributed by atoms with van der Waals surface area (Å²) in [6.07, 6.45) is 1.54. The molecule has 3 aromatic rings. The molecule has 3 rings (SSSR count). The number of non-ortho nitro benzene ring substituents is 1.